The number of carbonyl (C=O) groups is 1. The number of nitrogens with two attached hydrogens (primary N) is 1. The predicted octanol–water partition coefficient (Wildman–Crippen LogP) is 1.98. The van der Waals surface area contributed by atoms with Crippen molar-refractivity contribution in [2.24, 2.45) is 5.73 Å². The van der Waals surface area contributed by atoms with E-state index in [9.17, 15) is 13.6 Å². The highest BCUT2D eigenvalue weighted by atomic mass is 35.5. The third-order valence-corrected chi connectivity index (χ3v) is 3.24. The maximum atomic E-state index is 12.8. The highest BCUT2D eigenvalue weighted by Crippen LogP contribution is 2.21. The zero-order valence-corrected chi connectivity index (χ0v) is 10.9. The standard InChI is InChI=1S/C10H14F2N2OS.ClH/c1-7(8-3-2-4-16-8)9(15)14-6-10(11,12)5-13;/h2-4,7H,5-6,13H2,1H3,(H,14,15);1H. The molecule has 0 saturated carbocycles. The molecule has 1 heterocycles. The minimum absolute atomic E-state index is 0. The van der Waals surface area contributed by atoms with Crippen LogP contribution in [0.15, 0.2) is 17.5 Å². The average Bonchev–Trinajstić information content (AvgIpc) is 2.78. The van der Waals surface area contributed by atoms with E-state index in [1.807, 2.05) is 11.4 Å². The third-order valence-electron chi connectivity index (χ3n) is 2.18. The number of alkyl halides is 2. The van der Waals surface area contributed by atoms with E-state index in [0.717, 1.165) is 4.88 Å². The monoisotopic (exact) mass is 284 g/mol. The Morgan fingerprint density at radius 2 is 2.29 bits per heavy atom. The molecule has 0 saturated heterocycles. The molecule has 0 aliphatic rings. The predicted molar refractivity (Wildman–Crippen MR) is 67.0 cm³/mol. The summed E-state index contributed by atoms with van der Waals surface area (Å²) < 4.78 is 25.6. The largest absolute Gasteiger partial charge is 0.349 e. The molecule has 1 rings (SSSR count). The van der Waals surface area contributed by atoms with Crippen molar-refractivity contribution in [1.29, 1.82) is 0 Å². The summed E-state index contributed by atoms with van der Waals surface area (Å²) in [6.07, 6.45) is 0. The second-order valence-corrected chi connectivity index (χ2v) is 4.49. The molecular weight excluding hydrogens is 270 g/mol. The highest BCUT2D eigenvalue weighted by Gasteiger charge is 2.28. The van der Waals surface area contributed by atoms with Crippen molar-refractivity contribution in [2.75, 3.05) is 13.1 Å². The summed E-state index contributed by atoms with van der Waals surface area (Å²) in [6, 6.07) is 3.62. The molecule has 0 bridgehead atoms. The summed E-state index contributed by atoms with van der Waals surface area (Å²) in [6.45, 7) is 0.209. The fourth-order valence-corrected chi connectivity index (χ4v) is 1.89. The summed E-state index contributed by atoms with van der Waals surface area (Å²) in [5.74, 6) is -3.85. The Morgan fingerprint density at radius 3 is 2.76 bits per heavy atom. The van der Waals surface area contributed by atoms with Crippen LogP contribution in [0.2, 0.25) is 0 Å². The molecular formula is C10H15ClF2N2OS. The summed E-state index contributed by atoms with van der Waals surface area (Å²) in [5, 5.41) is 4.04. The van der Waals surface area contributed by atoms with Crippen LogP contribution in [-0.2, 0) is 4.79 Å². The van der Waals surface area contributed by atoms with E-state index in [-0.39, 0.29) is 12.4 Å². The van der Waals surface area contributed by atoms with Gasteiger partial charge in [-0.05, 0) is 18.4 Å². The Balaban J connectivity index is 0.00000256. The van der Waals surface area contributed by atoms with Gasteiger partial charge in [0.1, 0.15) is 0 Å². The molecule has 1 aromatic rings. The number of halogens is 3. The first kappa shape index (κ1) is 16.3. The van der Waals surface area contributed by atoms with Gasteiger partial charge in [-0.3, -0.25) is 4.79 Å². The molecule has 3 N–H and O–H groups in total. The molecule has 1 amide bonds. The maximum absolute atomic E-state index is 12.8. The van der Waals surface area contributed by atoms with Crippen LogP contribution in [0.4, 0.5) is 8.78 Å². The van der Waals surface area contributed by atoms with Gasteiger partial charge in [-0.1, -0.05) is 6.07 Å². The molecule has 98 valence electrons. The fraction of sp³-hybridized carbons (Fsp3) is 0.500. The van der Waals surface area contributed by atoms with Gasteiger partial charge in [0.15, 0.2) is 0 Å². The van der Waals surface area contributed by atoms with E-state index in [1.54, 1.807) is 13.0 Å². The van der Waals surface area contributed by atoms with Crippen molar-refractivity contribution in [3.05, 3.63) is 22.4 Å². The van der Waals surface area contributed by atoms with Gasteiger partial charge in [0.25, 0.3) is 5.92 Å². The van der Waals surface area contributed by atoms with Crippen LogP contribution in [0.1, 0.15) is 17.7 Å². The molecule has 1 unspecified atom stereocenters. The second-order valence-electron chi connectivity index (χ2n) is 3.51. The minimum Gasteiger partial charge on any atom is -0.349 e. The summed E-state index contributed by atoms with van der Waals surface area (Å²) in [5.41, 5.74) is 4.86. The Morgan fingerprint density at radius 1 is 1.65 bits per heavy atom. The van der Waals surface area contributed by atoms with Gasteiger partial charge in [0.05, 0.1) is 19.0 Å². The molecule has 17 heavy (non-hydrogen) atoms. The van der Waals surface area contributed by atoms with Crippen molar-refractivity contribution < 1.29 is 13.6 Å². The molecule has 0 spiro atoms. The quantitative estimate of drug-likeness (QED) is 0.869. The molecule has 0 aromatic carbocycles. The molecule has 7 heteroatoms. The number of rotatable bonds is 5. The molecule has 0 radical (unpaired) electrons. The van der Waals surface area contributed by atoms with E-state index >= 15 is 0 Å². The Hall–Kier alpha value is -0.720. The Bertz CT molecular complexity index is 346. The van der Waals surface area contributed by atoms with Gasteiger partial charge in [-0.2, -0.15) is 0 Å². The van der Waals surface area contributed by atoms with Crippen LogP contribution < -0.4 is 11.1 Å². The molecule has 1 atom stereocenters. The van der Waals surface area contributed by atoms with Gasteiger partial charge < -0.3 is 11.1 Å². The van der Waals surface area contributed by atoms with Crippen LogP contribution in [0.5, 0.6) is 0 Å². The maximum Gasteiger partial charge on any atom is 0.277 e. The van der Waals surface area contributed by atoms with E-state index < -0.39 is 30.8 Å². The number of nitrogens with one attached hydrogen (secondary N) is 1. The lowest BCUT2D eigenvalue weighted by atomic mass is 10.1. The second kappa shape index (κ2) is 6.88. The van der Waals surface area contributed by atoms with Crippen LogP contribution in [0.25, 0.3) is 0 Å². The zero-order chi connectivity index (χ0) is 12.2. The van der Waals surface area contributed by atoms with Gasteiger partial charge in [0, 0.05) is 4.88 Å². The Labute approximate surface area is 109 Å². The first-order valence-corrected chi connectivity index (χ1v) is 5.73. The lowest BCUT2D eigenvalue weighted by Gasteiger charge is -2.16. The smallest absolute Gasteiger partial charge is 0.277 e. The highest BCUT2D eigenvalue weighted by molar-refractivity contribution is 7.10. The fourth-order valence-electron chi connectivity index (χ4n) is 1.11. The number of thiophene rings is 1. The summed E-state index contributed by atoms with van der Waals surface area (Å²) in [7, 11) is 0. The van der Waals surface area contributed by atoms with E-state index in [4.69, 9.17) is 5.73 Å². The SMILES string of the molecule is CC(C(=O)NCC(F)(F)CN)c1cccs1.Cl. The molecule has 3 nitrogen and oxygen atoms in total. The number of amides is 1. The van der Waals surface area contributed by atoms with Crippen LogP contribution >= 0.6 is 23.7 Å². The summed E-state index contributed by atoms with van der Waals surface area (Å²) in [4.78, 5) is 12.4. The van der Waals surface area contributed by atoms with Crippen molar-refractivity contribution >= 4 is 29.7 Å². The number of carbonyl (C=O) groups excluding carboxylic acids is 1. The van der Waals surface area contributed by atoms with Gasteiger partial charge in [-0.25, -0.2) is 8.78 Å². The molecule has 0 fully saturated rings. The lowest BCUT2D eigenvalue weighted by molar-refractivity contribution is -0.123. The van der Waals surface area contributed by atoms with Crippen LogP contribution in [0.3, 0.4) is 0 Å². The Kier molecular flexibility index (Phi) is 6.59. The topological polar surface area (TPSA) is 55.1 Å². The van der Waals surface area contributed by atoms with E-state index in [1.165, 1.54) is 11.3 Å². The van der Waals surface area contributed by atoms with Crippen molar-refractivity contribution in [3.63, 3.8) is 0 Å². The molecule has 0 aliphatic carbocycles. The normalized spacial score (nSPS) is 12.7. The van der Waals surface area contributed by atoms with Gasteiger partial charge in [-0.15, -0.1) is 23.7 Å². The first-order valence-electron chi connectivity index (χ1n) is 4.85. The van der Waals surface area contributed by atoms with E-state index in [0.29, 0.717) is 0 Å². The number of hydrogen-bond donors (Lipinski definition) is 2. The zero-order valence-electron chi connectivity index (χ0n) is 9.28. The van der Waals surface area contributed by atoms with Gasteiger partial charge in [0.2, 0.25) is 5.91 Å². The average molecular weight is 285 g/mol. The molecule has 1 aromatic heterocycles. The summed E-state index contributed by atoms with van der Waals surface area (Å²) >= 11 is 1.43. The van der Waals surface area contributed by atoms with Crippen molar-refractivity contribution in [3.8, 4) is 0 Å². The van der Waals surface area contributed by atoms with Crippen molar-refractivity contribution in [1.82, 2.24) is 5.32 Å². The number of hydrogen-bond acceptors (Lipinski definition) is 3. The van der Waals surface area contributed by atoms with Crippen molar-refractivity contribution in [2.45, 2.75) is 18.8 Å². The molecule has 0 aliphatic heterocycles. The van der Waals surface area contributed by atoms with E-state index in [2.05, 4.69) is 5.32 Å². The van der Waals surface area contributed by atoms with Crippen LogP contribution in [0, 0.1) is 0 Å². The van der Waals surface area contributed by atoms with Crippen LogP contribution in [-0.4, -0.2) is 24.9 Å². The first-order chi connectivity index (χ1) is 7.46. The third kappa shape index (κ3) is 4.97. The lowest BCUT2D eigenvalue weighted by Crippen LogP contribution is -2.42. The van der Waals surface area contributed by atoms with Gasteiger partial charge >= 0.3 is 0 Å². The minimum atomic E-state index is -3.04.